The smallest absolute Gasteiger partial charge is 0.335 e. The maximum atomic E-state index is 11.0. The van der Waals surface area contributed by atoms with Gasteiger partial charge in [-0.25, -0.2) is 4.79 Å². The van der Waals surface area contributed by atoms with Gasteiger partial charge in [-0.3, -0.25) is 0 Å². The molecule has 0 heterocycles. The fraction of sp³-hybridized carbons (Fsp3) is 0.133. The third-order valence-electron chi connectivity index (χ3n) is 2.81. The molecule has 0 atom stereocenters. The first-order chi connectivity index (χ1) is 10.0. The topological polar surface area (TPSA) is 55.8 Å². The zero-order chi connectivity index (χ0) is 15.4. The Labute approximate surface area is 135 Å². The van der Waals surface area contributed by atoms with Gasteiger partial charge in [-0.1, -0.05) is 45.7 Å². The monoisotopic (exact) mass is 370 g/mol. The molecule has 0 bridgehead atoms. The van der Waals surface area contributed by atoms with Gasteiger partial charge in [0.15, 0.2) is 11.5 Å². The van der Waals surface area contributed by atoms with Gasteiger partial charge >= 0.3 is 5.97 Å². The van der Waals surface area contributed by atoms with Crippen molar-refractivity contribution in [1.29, 1.82) is 0 Å². The first-order valence-electron chi connectivity index (χ1n) is 6.00. The molecule has 1 N–H and O–H groups in total. The van der Waals surface area contributed by atoms with E-state index in [-0.39, 0.29) is 22.9 Å². The van der Waals surface area contributed by atoms with Crippen LogP contribution in [-0.2, 0) is 6.61 Å². The summed E-state index contributed by atoms with van der Waals surface area (Å²) >= 11 is 9.52. The molecule has 0 aromatic heterocycles. The molecular formula is C15H12BrClO4. The highest BCUT2D eigenvalue weighted by molar-refractivity contribution is 9.10. The van der Waals surface area contributed by atoms with Crippen molar-refractivity contribution in [3.05, 3.63) is 57.0 Å². The Morgan fingerprint density at radius 1 is 1.33 bits per heavy atom. The van der Waals surface area contributed by atoms with Crippen LogP contribution in [0.2, 0.25) is 5.02 Å². The second kappa shape index (κ2) is 6.83. The zero-order valence-corrected chi connectivity index (χ0v) is 13.4. The largest absolute Gasteiger partial charge is 0.493 e. The third-order valence-corrected chi connectivity index (χ3v) is 3.86. The summed E-state index contributed by atoms with van der Waals surface area (Å²) in [5.74, 6) is -0.473. The molecule has 0 saturated heterocycles. The van der Waals surface area contributed by atoms with Crippen LogP contribution in [0.4, 0.5) is 0 Å². The number of methoxy groups -OCH3 is 1. The number of carboxylic acid groups (broad SMARTS) is 1. The van der Waals surface area contributed by atoms with Gasteiger partial charge in [0, 0.05) is 10.0 Å². The number of carboxylic acids is 1. The predicted molar refractivity (Wildman–Crippen MR) is 83.4 cm³/mol. The molecule has 0 aliphatic rings. The van der Waals surface area contributed by atoms with E-state index in [2.05, 4.69) is 15.9 Å². The Morgan fingerprint density at radius 2 is 2.05 bits per heavy atom. The fourth-order valence-corrected chi connectivity index (χ4v) is 2.41. The highest BCUT2D eigenvalue weighted by Crippen LogP contribution is 2.37. The van der Waals surface area contributed by atoms with Crippen molar-refractivity contribution in [3.8, 4) is 11.5 Å². The van der Waals surface area contributed by atoms with E-state index in [0.717, 1.165) is 10.0 Å². The summed E-state index contributed by atoms with van der Waals surface area (Å²) < 4.78 is 11.8. The van der Waals surface area contributed by atoms with Crippen molar-refractivity contribution in [2.24, 2.45) is 0 Å². The average molecular weight is 372 g/mol. The van der Waals surface area contributed by atoms with Gasteiger partial charge < -0.3 is 14.6 Å². The van der Waals surface area contributed by atoms with E-state index in [1.165, 1.54) is 19.2 Å². The minimum Gasteiger partial charge on any atom is -0.493 e. The van der Waals surface area contributed by atoms with Crippen LogP contribution in [0.3, 0.4) is 0 Å². The van der Waals surface area contributed by atoms with Crippen LogP contribution in [0.25, 0.3) is 0 Å². The van der Waals surface area contributed by atoms with E-state index in [1.54, 1.807) is 0 Å². The van der Waals surface area contributed by atoms with Gasteiger partial charge in [-0.05, 0) is 18.2 Å². The Balaban J connectivity index is 2.28. The maximum absolute atomic E-state index is 11.0. The van der Waals surface area contributed by atoms with Crippen LogP contribution in [0.15, 0.2) is 40.9 Å². The number of aromatic carboxylic acids is 1. The quantitative estimate of drug-likeness (QED) is 0.847. The summed E-state index contributed by atoms with van der Waals surface area (Å²) in [5.41, 5.74) is 0.989. The molecule has 0 amide bonds. The Morgan fingerprint density at radius 3 is 2.67 bits per heavy atom. The Bertz CT molecular complexity index is 673. The lowest BCUT2D eigenvalue weighted by atomic mass is 10.2. The summed E-state index contributed by atoms with van der Waals surface area (Å²) in [7, 11) is 1.43. The van der Waals surface area contributed by atoms with Crippen molar-refractivity contribution in [3.63, 3.8) is 0 Å². The van der Waals surface area contributed by atoms with Crippen molar-refractivity contribution in [1.82, 2.24) is 0 Å². The number of hydrogen-bond donors (Lipinski definition) is 1. The van der Waals surface area contributed by atoms with Crippen LogP contribution in [0, 0.1) is 0 Å². The van der Waals surface area contributed by atoms with Gasteiger partial charge in [-0.2, -0.15) is 0 Å². The summed E-state index contributed by atoms with van der Waals surface area (Å²) in [6.45, 7) is 0.282. The number of carbonyl (C=O) groups is 1. The predicted octanol–water partition coefficient (Wildman–Crippen LogP) is 4.39. The molecule has 21 heavy (non-hydrogen) atoms. The lowest BCUT2D eigenvalue weighted by Crippen LogP contribution is -2.02. The number of rotatable bonds is 5. The van der Waals surface area contributed by atoms with E-state index in [9.17, 15) is 4.79 Å². The number of halogens is 2. The molecule has 110 valence electrons. The van der Waals surface area contributed by atoms with Crippen LogP contribution < -0.4 is 9.47 Å². The summed E-state index contributed by atoms with van der Waals surface area (Å²) in [5, 5.41) is 9.20. The standard InChI is InChI=1S/C15H12BrClO4/c1-20-13-7-10(15(18)19)6-12(17)14(13)21-8-9-4-2-3-5-11(9)16/h2-7H,8H2,1H3,(H,18,19). The molecule has 2 aromatic rings. The molecule has 6 heteroatoms. The van der Waals surface area contributed by atoms with Crippen LogP contribution in [0.1, 0.15) is 15.9 Å². The van der Waals surface area contributed by atoms with E-state index in [4.69, 9.17) is 26.2 Å². The normalized spacial score (nSPS) is 10.2. The molecule has 0 saturated carbocycles. The first kappa shape index (κ1) is 15.7. The minimum atomic E-state index is -1.08. The molecule has 2 rings (SSSR count). The van der Waals surface area contributed by atoms with Crippen LogP contribution in [0.5, 0.6) is 11.5 Å². The minimum absolute atomic E-state index is 0.0464. The fourth-order valence-electron chi connectivity index (χ4n) is 1.75. The molecule has 0 spiro atoms. The summed E-state index contributed by atoms with van der Waals surface area (Å²) in [6, 6.07) is 10.3. The summed E-state index contributed by atoms with van der Waals surface area (Å²) in [4.78, 5) is 11.0. The third kappa shape index (κ3) is 3.68. The van der Waals surface area contributed by atoms with Crippen molar-refractivity contribution >= 4 is 33.5 Å². The lowest BCUT2D eigenvalue weighted by molar-refractivity contribution is 0.0696. The van der Waals surface area contributed by atoms with E-state index in [1.807, 2.05) is 24.3 Å². The molecular weight excluding hydrogens is 360 g/mol. The van der Waals surface area contributed by atoms with Crippen molar-refractivity contribution in [2.75, 3.05) is 7.11 Å². The molecule has 0 aliphatic carbocycles. The maximum Gasteiger partial charge on any atom is 0.335 e. The van der Waals surface area contributed by atoms with Gasteiger partial charge in [0.25, 0.3) is 0 Å². The lowest BCUT2D eigenvalue weighted by Gasteiger charge is -2.14. The SMILES string of the molecule is COc1cc(C(=O)O)cc(Cl)c1OCc1ccccc1Br. The molecule has 0 unspecified atom stereocenters. The highest BCUT2D eigenvalue weighted by atomic mass is 79.9. The zero-order valence-electron chi connectivity index (χ0n) is 11.1. The molecule has 4 nitrogen and oxygen atoms in total. The molecule has 0 aliphatic heterocycles. The summed E-state index contributed by atoms with van der Waals surface area (Å²) in [6.07, 6.45) is 0. The second-order valence-electron chi connectivity index (χ2n) is 4.17. The number of hydrogen-bond acceptors (Lipinski definition) is 3. The molecule has 0 fully saturated rings. The van der Waals surface area contributed by atoms with Crippen molar-refractivity contribution in [2.45, 2.75) is 6.61 Å². The van der Waals surface area contributed by atoms with Crippen LogP contribution in [-0.4, -0.2) is 18.2 Å². The first-order valence-corrected chi connectivity index (χ1v) is 7.17. The van der Waals surface area contributed by atoms with E-state index >= 15 is 0 Å². The molecule has 2 aromatic carbocycles. The van der Waals surface area contributed by atoms with Crippen LogP contribution >= 0.6 is 27.5 Å². The second-order valence-corrected chi connectivity index (χ2v) is 5.44. The van der Waals surface area contributed by atoms with E-state index < -0.39 is 5.97 Å². The highest BCUT2D eigenvalue weighted by Gasteiger charge is 2.15. The average Bonchev–Trinajstić information content (AvgIpc) is 2.46. The van der Waals surface area contributed by atoms with Gasteiger partial charge in [0.2, 0.25) is 0 Å². The Kier molecular flexibility index (Phi) is 5.09. The number of ether oxygens (including phenoxy) is 2. The van der Waals surface area contributed by atoms with Gasteiger partial charge in [0.1, 0.15) is 6.61 Å². The molecule has 0 radical (unpaired) electrons. The number of benzene rings is 2. The van der Waals surface area contributed by atoms with Crippen molar-refractivity contribution < 1.29 is 19.4 Å². The van der Waals surface area contributed by atoms with Gasteiger partial charge in [-0.15, -0.1) is 0 Å². The van der Waals surface area contributed by atoms with E-state index in [0.29, 0.717) is 5.75 Å². The van der Waals surface area contributed by atoms with Gasteiger partial charge in [0.05, 0.1) is 17.7 Å². The Hall–Kier alpha value is -1.72.